The molecule has 26 heavy (non-hydrogen) atoms. The molecule has 0 atom stereocenters. The van der Waals surface area contributed by atoms with Gasteiger partial charge in [-0.2, -0.15) is 0 Å². The van der Waals surface area contributed by atoms with Gasteiger partial charge >= 0.3 is 5.97 Å². The zero-order valence-electron chi connectivity index (χ0n) is 14.2. The lowest BCUT2D eigenvalue weighted by Crippen LogP contribution is -2.20. The Bertz CT molecular complexity index is 908. The summed E-state index contributed by atoms with van der Waals surface area (Å²) in [5.74, 6) is -1.29. The highest BCUT2D eigenvalue weighted by atomic mass is 32.1. The number of nitrogens with zero attached hydrogens (tertiary/aromatic N) is 1. The Balaban J connectivity index is 1.90. The van der Waals surface area contributed by atoms with Gasteiger partial charge in [0.1, 0.15) is 0 Å². The Labute approximate surface area is 155 Å². The number of aromatic carboxylic acids is 1. The van der Waals surface area contributed by atoms with E-state index in [0.717, 1.165) is 11.3 Å². The van der Waals surface area contributed by atoms with E-state index in [2.05, 4.69) is 5.32 Å². The summed E-state index contributed by atoms with van der Waals surface area (Å²) >= 11 is 1.34. The molecule has 3 aromatic rings. The molecule has 1 heterocycles. The molecule has 0 saturated carbocycles. The summed E-state index contributed by atoms with van der Waals surface area (Å²) in [6, 6.07) is 18.2. The number of hydrogen-bond donors (Lipinski definition) is 2. The van der Waals surface area contributed by atoms with E-state index in [1.54, 1.807) is 24.3 Å². The maximum atomic E-state index is 12.4. The number of benzene rings is 2. The van der Waals surface area contributed by atoms with Gasteiger partial charge in [0, 0.05) is 13.6 Å². The highest BCUT2D eigenvalue weighted by molar-refractivity contribution is 7.12. The maximum Gasteiger partial charge on any atom is 0.335 e. The number of rotatable bonds is 6. The Morgan fingerprint density at radius 3 is 2.50 bits per heavy atom. The summed E-state index contributed by atoms with van der Waals surface area (Å²) in [5, 5.41) is 13.9. The van der Waals surface area contributed by atoms with Crippen molar-refractivity contribution < 1.29 is 14.7 Å². The van der Waals surface area contributed by atoms with Crippen LogP contribution in [0.5, 0.6) is 0 Å². The number of nitrogens with one attached hydrogen (secondary N) is 1. The summed E-state index contributed by atoms with van der Waals surface area (Å²) in [4.78, 5) is 26.3. The first-order valence-electron chi connectivity index (χ1n) is 8.02. The Hall–Kier alpha value is -3.12. The normalized spacial score (nSPS) is 10.3. The number of carboxylic acid groups (broad SMARTS) is 1. The second kappa shape index (κ2) is 7.84. The molecule has 0 unspecified atom stereocenters. The molecule has 0 radical (unpaired) electrons. The number of carbonyl (C=O) groups excluding carboxylic acids is 1. The fourth-order valence-electron chi connectivity index (χ4n) is 2.64. The molecule has 0 fully saturated rings. The van der Waals surface area contributed by atoms with Crippen molar-refractivity contribution >= 4 is 34.6 Å². The van der Waals surface area contributed by atoms with Gasteiger partial charge in [0.15, 0.2) is 0 Å². The predicted octanol–water partition coefficient (Wildman–Crippen LogP) is 4.34. The first-order valence-corrected chi connectivity index (χ1v) is 8.90. The minimum atomic E-state index is -1.03. The zero-order valence-corrected chi connectivity index (χ0v) is 15.0. The van der Waals surface area contributed by atoms with Gasteiger partial charge in [0.2, 0.25) is 0 Å². The van der Waals surface area contributed by atoms with E-state index in [-0.39, 0.29) is 11.5 Å². The lowest BCUT2D eigenvalue weighted by atomic mass is 10.1. The van der Waals surface area contributed by atoms with Crippen LogP contribution < -0.4 is 10.2 Å². The van der Waals surface area contributed by atoms with Crippen molar-refractivity contribution in [1.82, 2.24) is 0 Å². The molecule has 6 heteroatoms. The summed E-state index contributed by atoms with van der Waals surface area (Å²) in [6.45, 7) is 0.634. The predicted molar refractivity (Wildman–Crippen MR) is 104 cm³/mol. The molecule has 0 aliphatic rings. The van der Waals surface area contributed by atoms with Crippen LogP contribution in [0.25, 0.3) is 0 Å². The number of amides is 1. The Kier molecular flexibility index (Phi) is 5.34. The SMILES string of the molecule is CN(Cc1ccccc1)c1ccc(C(=O)O)cc1NC(=O)c1cccs1. The quantitative estimate of drug-likeness (QED) is 0.681. The highest BCUT2D eigenvalue weighted by Gasteiger charge is 2.15. The molecular weight excluding hydrogens is 348 g/mol. The van der Waals surface area contributed by atoms with Crippen LogP contribution in [0.4, 0.5) is 11.4 Å². The topological polar surface area (TPSA) is 69.6 Å². The number of carbonyl (C=O) groups is 2. The summed E-state index contributed by atoms with van der Waals surface area (Å²) in [5.41, 5.74) is 2.47. The third-order valence-corrected chi connectivity index (χ3v) is 4.78. The molecule has 5 nitrogen and oxygen atoms in total. The van der Waals surface area contributed by atoms with Crippen molar-refractivity contribution in [2.24, 2.45) is 0 Å². The lowest BCUT2D eigenvalue weighted by Gasteiger charge is -2.23. The minimum absolute atomic E-state index is 0.128. The first kappa shape index (κ1) is 17.7. The molecule has 1 amide bonds. The van der Waals surface area contributed by atoms with E-state index in [9.17, 15) is 14.7 Å². The van der Waals surface area contributed by atoms with Crippen LogP contribution >= 0.6 is 11.3 Å². The van der Waals surface area contributed by atoms with Crippen LogP contribution in [-0.4, -0.2) is 24.0 Å². The number of carboxylic acids is 1. The van der Waals surface area contributed by atoms with Crippen molar-refractivity contribution in [3.63, 3.8) is 0 Å². The minimum Gasteiger partial charge on any atom is -0.478 e. The van der Waals surface area contributed by atoms with E-state index in [0.29, 0.717) is 17.1 Å². The van der Waals surface area contributed by atoms with Gasteiger partial charge in [-0.1, -0.05) is 36.4 Å². The second-order valence-electron chi connectivity index (χ2n) is 5.81. The van der Waals surface area contributed by atoms with Gasteiger partial charge in [0.05, 0.1) is 21.8 Å². The third-order valence-electron chi connectivity index (χ3n) is 3.91. The molecule has 0 saturated heterocycles. The molecular formula is C20H18N2O3S. The molecule has 0 aliphatic heterocycles. The number of hydrogen-bond acceptors (Lipinski definition) is 4. The highest BCUT2D eigenvalue weighted by Crippen LogP contribution is 2.28. The largest absolute Gasteiger partial charge is 0.478 e. The summed E-state index contributed by atoms with van der Waals surface area (Å²) < 4.78 is 0. The van der Waals surface area contributed by atoms with Crippen LogP contribution in [0, 0.1) is 0 Å². The van der Waals surface area contributed by atoms with E-state index < -0.39 is 5.97 Å². The van der Waals surface area contributed by atoms with E-state index >= 15 is 0 Å². The molecule has 2 N–H and O–H groups in total. The van der Waals surface area contributed by atoms with Gasteiger partial charge in [-0.3, -0.25) is 4.79 Å². The molecule has 0 bridgehead atoms. The van der Waals surface area contributed by atoms with Gasteiger partial charge in [-0.15, -0.1) is 11.3 Å². The fourth-order valence-corrected chi connectivity index (χ4v) is 3.26. The third kappa shape index (κ3) is 4.10. The molecule has 132 valence electrons. The molecule has 2 aromatic carbocycles. The van der Waals surface area contributed by atoms with E-state index in [4.69, 9.17) is 0 Å². The zero-order chi connectivity index (χ0) is 18.5. The monoisotopic (exact) mass is 366 g/mol. The van der Waals surface area contributed by atoms with Crippen LogP contribution in [0.2, 0.25) is 0 Å². The van der Waals surface area contributed by atoms with Crippen LogP contribution in [0.15, 0.2) is 66.0 Å². The van der Waals surface area contributed by atoms with Gasteiger partial charge < -0.3 is 15.3 Å². The number of anilines is 2. The van der Waals surface area contributed by atoms with E-state index in [1.807, 2.05) is 47.7 Å². The smallest absolute Gasteiger partial charge is 0.335 e. The van der Waals surface area contributed by atoms with Gasteiger partial charge in [0.25, 0.3) is 5.91 Å². The van der Waals surface area contributed by atoms with Crippen molar-refractivity contribution in [3.8, 4) is 0 Å². The molecule has 0 aliphatic carbocycles. The standard InChI is InChI=1S/C20H18N2O3S/c1-22(13-14-6-3-2-4-7-14)17-10-9-15(20(24)25)12-16(17)21-19(23)18-8-5-11-26-18/h2-12H,13H2,1H3,(H,21,23)(H,24,25). The van der Waals surface area contributed by atoms with Gasteiger partial charge in [-0.25, -0.2) is 4.79 Å². The van der Waals surface area contributed by atoms with Crippen molar-refractivity contribution in [3.05, 3.63) is 82.0 Å². The Morgan fingerprint density at radius 1 is 1.08 bits per heavy atom. The number of thiophene rings is 1. The van der Waals surface area contributed by atoms with Crippen LogP contribution in [0.1, 0.15) is 25.6 Å². The average molecular weight is 366 g/mol. The summed E-state index contributed by atoms with van der Waals surface area (Å²) in [6.07, 6.45) is 0. The molecule has 0 spiro atoms. The van der Waals surface area contributed by atoms with Crippen molar-refractivity contribution in [2.45, 2.75) is 6.54 Å². The average Bonchev–Trinajstić information content (AvgIpc) is 3.17. The first-order chi connectivity index (χ1) is 12.5. The maximum absolute atomic E-state index is 12.4. The molecule has 3 rings (SSSR count). The van der Waals surface area contributed by atoms with Crippen molar-refractivity contribution in [1.29, 1.82) is 0 Å². The summed E-state index contributed by atoms with van der Waals surface area (Å²) in [7, 11) is 1.91. The fraction of sp³-hybridized carbons (Fsp3) is 0.100. The lowest BCUT2D eigenvalue weighted by molar-refractivity contribution is 0.0696. The Morgan fingerprint density at radius 2 is 1.85 bits per heavy atom. The van der Waals surface area contributed by atoms with Crippen LogP contribution in [0.3, 0.4) is 0 Å². The van der Waals surface area contributed by atoms with Gasteiger partial charge in [-0.05, 0) is 35.2 Å². The molecule has 1 aromatic heterocycles. The second-order valence-corrected chi connectivity index (χ2v) is 6.76. The van der Waals surface area contributed by atoms with E-state index in [1.165, 1.54) is 17.4 Å². The van der Waals surface area contributed by atoms with Crippen LogP contribution in [-0.2, 0) is 6.54 Å². The van der Waals surface area contributed by atoms with Crippen molar-refractivity contribution in [2.75, 3.05) is 17.3 Å².